The van der Waals surface area contributed by atoms with Crippen molar-refractivity contribution >= 4 is 16.6 Å². The first-order valence-electron chi connectivity index (χ1n) is 6.63. The Bertz CT molecular complexity index is 295. The van der Waals surface area contributed by atoms with Gasteiger partial charge in [-0.1, -0.05) is 17.4 Å². The molecule has 0 amide bonds. The number of rotatable bonds is 11. The van der Waals surface area contributed by atoms with E-state index in [0.29, 0.717) is 26.1 Å². The van der Waals surface area contributed by atoms with E-state index < -0.39 is 19.5 Å². The highest BCUT2D eigenvalue weighted by Crippen LogP contribution is 2.42. The Hall–Kier alpha value is 0.330. The van der Waals surface area contributed by atoms with E-state index in [1.807, 2.05) is 0 Å². The van der Waals surface area contributed by atoms with Gasteiger partial charge in [-0.2, -0.15) is 0 Å². The van der Waals surface area contributed by atoms with Crippen LogP contribution in [-0.4, -0.2) is 47.3 Å². The molecule has 2 heterocycles. The second kappa shape index (κ2) is 7.94. The zero-order valence-corrected chi connectivity index (χ0v) is 12.6. The van der Waals surface area contributed by atoms with Gasteiger partial charge in [-0.15, -0.1) is 0 Å². The number of ether oxygens (including phenoxy) is 2. The van der Waals surface area contributed by atoms with Crippen LogP contribution in [0.4, 0.5) is 0 Å². The van der Waals surface area contributed by atoms with Crippen LogP contribution in [0.3, 0.4) is 0 Å². The molecular weight excluding hydrogens is 290 g/mol. The summed E-state index contributed by atoms with van der Waals surface area (Å²) in [4.78, 5) is 0. The topological polar surface area (TPSA) is 91.8 Å². The molecule has 2 aliphatic heterocycles. The molecule has 6 unspecified atom stereocenters. The SMILES string of the molecule is O=[P+](C(O)CCCCCC(O)POC1CO1)C1CO1. The Morgan fingerprint density at radius 1 is 1.21 bits per heavy atom. The fourth-order valence-corrected chi connectivity index (χ4v) is 3.64. The van der Waals surface area contributed by atoms with Crippen LogP contribution >= 0.6 is 16.6 Å². The summed E-state index contributed by atoms with van der Waals surface area (Å²) in [5.74, 6) is -1.38. The van der Waals surface area contributed by atoms with E-state index in [1.165, 1.54) is 0 Å². The quantitative estimate of drug-likeness (QED) is 0.343. The van der Waals surface area contributed by atoms with Gasteiger partial charge in [-0.05, 0) is 12.8 Å². The van der Waals surface area contributed by atoms with Crippen molar-refractivity contribution in [3.8, 4) is 0 Å². The van der Waals surface area contributed by atoms with Crippen LogP contribution in [0.25, 0.3) is 0 Å². The lowest BCUT2D eigenvalue weighted by atomic mass is 10.1. The van der Waals surface area contributed by atoms with Crippen LogP contribution in [0.1, 0.15) is 32.1 Å². The summed E-state index contributed by atoms with van der Waals surface area (Å²) in [7, 11) is -1.55. The third kappa shape index (κ3) is 6.54. The van der Waals surface area contributed by atoms with E-state index in [4.69, 9.17) is 14.0 Å². The molecule has 0 radical (unpaired) electrons. The largest absolute Gasteiger partial charge is 0.404 e. The standard InChI is InChI=1S/C11H21O6P2/c12-8(18-17-10-6-15-10)4-2-1-3-5-9(13)19(14)11-7-16-11/h8-13,18H,1-7H2/q+1. The minimum absolute atomic E-state index is 0.0748. The molecule has 6 atom stereocenters. The minimum Gasteiger partial charge on any atom is -0.386 e. The molecule has 2 fully saturated rings. The fraction of sp³-hybridized carbons (Fsp3) is 1.00. The van der Waals surface area contributed by atoms with Crippen molar-refractivity contribution in [1.29, 1.82) is 0 Å². The van der Waals surface area contributed by atoms with Crippen molar-refractivity contribution in [2.75, 3.05) is 13.2 Å². The molecule has 2 saturated heterocycles. The Balaban J connectivity index is 1.41. The monoisotopic (exact) mass is 311 g/mol. The summed E-state index contributed by atoms with van der Waals surface area (Å²) in [6, 6.07) is 0. The molecule has 2 N–H and O–H groups in total. The maximum absolute atomic E-state index is 11.5. The van der Waals surface area contributed by atoms with Crippen molar-refractivity contribution in [2.24, 2.45) is 0 Å². The summed E-state index contributed by atoms with van der Waals surface area (Å²) in [5.41, 5.74) is 0. The van der Waals surface area contributed by atoms with E-state index in [0.717, 1.165) is 19.3 Å². The van der Waals surface area contributed by atoms with Crippen LogP contribution in [0.5, 0.6) is 0 Å². The molecule has 0 aromatic rings. The number of hydrogen-bond donors (Lipinski definition) is 2. The van der Waals surface area contributed by atoms with Crippen LogP contribution < -0.4 is 0 Å². The van der Waals surface area contributed by atoms with Gasteiger partial charge >= 0.3 is 7.80 Å². The third-order valence-corrected chi connectivity index (χ3v) is 5.64. The second-order valence-electron chi connectivity index (χ2n) is 4.78. The first-order chi connectivity index (χ1) is 9.16. The molecule has 8 heteroatoms. The van der Waals surface area contributed by atoms with Crippen LogP contribution in [0.2, 0.25) is 0 Å². The summed E-state index contributed by atoms with van der Waals surface area (Å²) < 4.78 is 26.6. The van der Waals surface area contributed by atoms with E-state index in [2.05, 4.69) is 0 Å². The molecule has 0 aliphatic carbocycles. The van der Waals surface area contributed by atoms with Gasteiger partial charge in [0.25, 0.3) is 11.7 Å². The number of epoxide rings is 2. The zero-order chi connectivity index (χ0) is 13.7. The van der Waals surface area contributed by atoms with Crippen LogP contribution in [0.15, 0.2) is 0 Å². The number of aliphatic hydroxyl groups excluding tert-OH is 2. The van der Waals surface area contributed by atoms with E-state index in [9.17, 15) is 14.8 Å². The molecule has 19 heavy (non-hydrogen) atoms. The molecule has 2 rings (SSSR count). The Morgan fingerprint density at radius 2 is 1.89 bits per heavy atom. The van der Waals surface area contributed by atoms with Gasteiger partial charge in [-0.25, -0.2) is 0 Å². The van der Waals surface area contributed by atoms with Gasteiger partial charge in [-0.3, -0.25) is 0 Å². The molecule has 0 saturated carbocycles. The van der Waals surface area contributed by atoms with Gasteiger partial charge in [0.15, 0.2) is 6.29 Å². The highest BCUT2D eigenvalue weighted by Gasteiger charge is 2.47. The van der Waals surface area contributed by atoms with Crippen molar-refractivity contribution in [3.05, 3.63) is 0 Å². The summed E-state index contributed by atoms with van der Waals surface area (Å²) in [6.07, 6.45) is 3.75. The number of aliphatic hydroxyl groups is 2. The van der Waals surface area contributed by atoms with Crippen molar-refractivity contribution in [1.82, 2.24) is 0 Å². The smallest absolute Gasteiger partial charge is 0.386 e. The second-order valence-corrected chi connectivity index (χ2v) is 7.81. The summed E-state index contributed by atoms with van der Waals surface area (Å²) in [6.45, 7) is 1.16. The van der Waals surface area contributed by atoms with Gasteiger partial charge in [0.2, 0.25) is 0 Å². The molecular formula is C11H21O6P2+. The lowest BCUT2D eigenvalue weighted by molar-refractivity contribution is 0.175. The highest BCUT2D eigenvalue weighted by atomic mass is 31.1. The van der Waals surface area contributed by atoms with Gasteiger partial charge < -0.3 is 24.2 Å². The first kappa shape index (κ1) is 15.7. The van der Waals surface area contributed by atoms with Crippen molar-refractivity contribution in [3.63, 3.8) is 0 Å². The predicted octanol–water partition coefficient (Wildman–Crippen LogP) is 1.72. The average Bonchev–Trinajstić information content (AvgIpc) is 3.28. The number of hydrogen-bond acceptors (Lipinski definition) is 6. The Kier molecular flexibility index (Phi) is 6.57. The van der Waals surface area contributed by atoms with E-state index in [-0.39, 0.29) is 20.9 Å². The lowest BCUT2D eigenvalue weighted by Crippen LogP contribution is -2.04. The average molecular weight is 311 g/mol. The number of unbranched alkanes of at least 4 members (excludes halogenated alkanes) is 2. The highest BCUT2D eigenvalue weighted by molar-refractivity contribution is 7.46. The Morgan fingerprint density at radius 3 is 2.53 bits per heavy atom. The first-order valence-corrected chi connectivity index (χ1v) is 9.01. The third-order valence-electron chi connectivity index (χ3n) is 2.97. The Labute approximate surface area is 115 Å². The molecule has 2 aliphatic rings. The van der Waals surface area contributed by atoms with Crippen LogP contribution in [-0.2, 0) is 18.6 Å². The van der Waals surface area contributed by atoms with Crippen molar-refractivity contribution in [2.45, 2.75) is 55.9 Å². The minimum atomic E-state index is -1.63. The molecule has 0 aromatic carbocycles. The predicted molar refractivity (Wildman–Crippen MR) is 71.6 cm³/mol. The molecule has 0 spiro atoms. The van der Waals surface area contributed by atoms with E-state index >= 15 is 0 Å². The summed E-state index contributed by atoms with van der Waals surface area (Å²) >= 11 is 0. The molecule has 110 valence electrons. The summed E-state index contributed by atoms with van der Waals surface area (Å²) in [5, 5.41) is 19.3. The molecule has 6 nitrogen and oxygen atoms in total. The lowest BCUT2D eigenvalue weighted by Gasteiger charge is -2.09. The van der Waals surface area contributed by atoms with Gasteiger partial charge in [0.1, 0.15) is 13.2 Å². The van der Waals surface area contributed by atoms with Gasteiger partial charge in [0, 0.05) is 15.2 Å². The zero-order valence-electron chi connectivity index (χ0n) is 10.7. The van der Waals surface area contributed by atoms with Crippen LogP contribution in [0, 0.1) is 0 Å². The maximum atomic E-state index is 11.5. The maximum Gasteiger partial charge on any atom is 0.404 e. The molecule has 0 bridgehead atoms. The normalized spacial score (nSPS) is 29.5. The molecule has 0 aromatic heterocycles. The van der Waals surface area contributed by atoms with Gasteiger partial charge in [0.05, 0.1) is 5.85 Å². The van der Waals surface area contributed by atoms with Crippen molar-refractivity contribution < 1.29 is 28.8 Å². The van der Waals surface area contributed by atoms with E-state index in [1.54, 1.807) is 0 Å². The fourth-order valence-electron chi connectivity index (χ4n) is 1.67.